The minimum atomic E-state index is 0.403. The van der Waals surface area contributed by atoms with Crippen molar-refractivity contribution in [2.45, 2.75) is 31.2 Å². The number of ether oxygens (including phenoxy) is 3. The number of likely N-dealkylation sites (tertiary alicyclic amines) is 1. The molecule has 2 aliphatic rings. The molecule has 4 heteroatoms. The van der Waals surface area contributed by atoms with Gasteiger partial charge in [0.25, 0.3) is 0 Å². The first-order valence-electron chi connectivity index (χ1n) is 7.32. The maximum absolute atomic E-state index is 5.90. The van der Waals surface area contributed by atoms with E-state index in [9.17, 15) is 0 Å². The lowest BCUT2D eigenvalue weighted by molar-refractivity contribution is 0.253. The van der Waals surface area contributed by atoms with Gasteiger partial charge in [-0.05, 0) is 45.0 Å². The molecular weight excluding hydrogens is 254 g/mol. The summed E-state index contributed by atoms with van der Waals surface area (Å²) in [6.07, 6.45) is 3.72. The molecule has 1 aromatic rings. The van der Waals surface area contributed by atoms with Crippen LogP contribution in [0.15, 0.2) is 12.1 Å². The Morgan fingerprint density at radius 2 is 2.00 bits per heavy atom. The zero-order valence-electron chi connectivity index (χ0n) is 12.5. The van der Waals surface area contributed by atoms with Crippen LogP contribution in [0, 0.1) is 0 Å². The minimum Gasteiger partial charge on any atom is -0.496 e. The lowest BCUT2D eigenvalue weighted by Crippen LogP contribution is -2.27. The van der Waals surface area contributed by atoms with Crippen molar-refractivity contribution in [1.82, 2.24) is 4.90 Å². The first-order valence-corrected chi connectivity index (χ1v) is 7.32. The Balaban J connectivity index is 1.88. The maximum atomic E-state index is 5.90. The first kappa shape index (κ1) is 13.6. The summed E-state index contributed by atoms with van der Waals surface area (Å²) < 4.78 is 16.8. The topological polar surface area (TPSA) is 30.9 Å². The van der Waals surface area contributed by atoms with Crippen LogP contribution in [0.5, 0.6) is 17.2 Å². The smallest absolute Gasteiger partial charge is 0.168 e. The van der Waals surface area contributed by atoms with Crippen LogP contribution in [-0.2, 0) is 0 Å². The molecule has 0 saturated carbocycles. The van der Waals surface area contributed by atoms with Crippen molar-refractivity contribution in [2.75, 3.05) is 34.4 Å². The fourth-order valence-electron chi connectivity index (χ4n) is 3.49. The number of hydrogen-bond acceptors (Lipinski definition) is 4. The predicted molar refractivity (Wildman–Crippen MR) is 78.1 cm³/mol. The Hall–Kier alpha value is -1.42. The number of fused-ring (bicyclic) bond motifs is 1. The Bertz CT molecular complexity index is 489. The lowest BCUT2D eigenvalue weighted by Gasteiger charge is -2.22. The molecule has 4 nitrogen and oxygen atoms in total. The molecule has 1 fully saturated rings. The van der Waals surface area contributed by atoms with Gasteiger partial charge in [0.05, 0.1) is 20.8 Å². The van der Waals surface area contributed by atoms with E-state index >= 15 is 0 Å². The molecule has 2 atom stereocenters. The van der Waals surface area contributed by atoms with Crippen molar-refractivity contribution in [1.29, 1.82) is 0 Å². The molecule has 0 spiro atoms. The van der Waals surface area contributed by atoms with Crippen LogP contribution in [0.4, 0.5) is 0 Å². The summed E-state index contributed by atoms with van der Waals surface area (Å²) in [5.41, 5.74) is 1.19. The lowest BCUT2D eigenvalue weighted by atomic mass is 9.92. The summed E-state index contributed by atoms with van der Waals surface area (Å²) >= 11 is 0. The Morgan fingerprint density at radius 3 is 2.65 bits per heavy atom. The van der Waals surface area contributed by atoms with Crippen LogP contribution >= 0.6 is 0 Å². The summed E-state index contributed by atoms with van der Waals surface area (Å²) in [4.78, 5) is 2.46. The molecule has 0 bridgehead atoms. The monoisotopic (exact) mass is 277 g/mol. The van der Waals surface area contributed by atoms with Crippen LogP contribution in [-0.4, -0.2) is 45.4 Å². The fraction of sp³-hybridized carbons (Fsp3) is 0.625. The summed E-state index contributed by atoms with van der Waals surface area (Å²) in [5.74, 6) is 3.00. The highest BCUT2D eigenvalue weighted by Gasteiger charge is 2.34. The fourth-order valence-corrected chi connectivity index (χ4v) is 3.49. The molecular formula is C16H23NO3. The second-order valence-corrected chi connectivity index (χ2v) is 5.73. The normalized spacial score (nSPS) is 25.4. The summed E-state index contributed by atoms with van der Waals surface area (Å²) in [7, 11) is 5.62. The van der Waals surface area contributed by atoms with E-state index < -0.39 is 0 Å². The number of benzene rings is 1. The van der Waals surface area contributed by atoms with Gasteiger partial charge in [0.15, 0.2) is 11.5 Å². The largest absolute Gasteiger partial charge is 0.496 e. The van der Waals surface area contributed by atoms with Crippen LogP contribution in [0.3, 0.4) is 0 Å². The molecule has 0 N–H and O–H groups in total. The molecule has 2 heterocycles. The van der Waals surface area contributed by atoms with E-state index in [0.717, 1.165) is 30.3 Å². The minimum absolute atomic E-state index is 0.403. The second kappa shape index (κ2) is 5.52. The van der Waals surface area contributed by atoms with Gasteiger partial charge in [0, 0.05) is 17.5 Å². The third-order valence-corrected chi connectivity index (χ3v) is 4.62. The van der Waals surface area contributed by atoms with Crippen LogP contribution in [0.2, 0.25) is 0 Å². The number of hydrogen-bond donors (Lipinski definition) is 0. The highest BCUT2D eigenvalue weighted by Crippen LogP contribution is 2.48. The van der Waals surface area contributed by atoms with Crippen LogP contribution in [0.1, 0.15) is 30.7 Å². The molecule has 0 amide bonds. The van der Waals surface area contributed by atoms with E-state index in [1.807, 2.05) is 12.1 Å². The highest BCUT2D eigenvalue weighted by molar-refractivity contribution is 5.57. The van der Waals surface area contributed by atoms with E-state index in [1.54, 1.807) is 14.2 Å². The quantitative estimate of drug-likeness (QED) is 0.846. The summed E-state index contributed by atoms with van der Waals surface area (Å²) in [6.45, 7) is 1.94. The molecule has 0 aromatic heterocycles. The van der Waals surface area contributed by atoms with E-state index in [-0.39, 0.29) is 0 Å². The first-order chi connectivity index (χ1) is 9.74. The van der Waals surface area contributed by atoms with Crippen molar-refractivity contribution in [3.8, 4) is 17.2 Å². The highest BCUT2D eigenvalue weighted by atomic mass is 16.5. The molecule has 0 aliphatic carbocycles. The Labute approximate surface area is 120 Å². The van der Waals surface area contributed by atoms with Gasteiger partial charge in [-0.15, -0.1) is 0 Å². The molecule has 1 saturated heterocycles. The van der Waals surface area contributed by atoms with Gasteiger partial charge >= 0.3 is 0 Å². The number of nitrogens with zero attached hydrogens (tertiary/aromatic N) is 1. The zero-order chi connectivity index (χ0) is 14.1. The Morgan fingerprint density at radius 1 is 1.25 bits per heavy atom. The molecule has 1 unspecified atom stereocenters. The van der Waals surface area contributed by atoms with Gasteiger partial charge < -0.3 is 19.1 Å². The Kier molecular flexibility index (Phi) is 3.74. The SMILES string of the molecule is COc1ccc(OC)c2c1OCC2C[C@H]1CCCN1C. The third kappa shape index (κ3) is 2.22. The van der Waals surface area contributed by atoms with Crippen molar-refractivity contribution in [2.24, 2.45) is 0 Å². The van der Waals surface area contributed by atoms with Crippen LogP contribution in [0.25, 0.3) is 0 Å². The van der Waals surface area contributed by atoms with Crippen molar-refractivity contribution >= 4 is 0 Å². The number of methoxy groups -OCH3 is 2. The second-order valence-electron chi connectivity index (χ2n) is 5.73. The van der Waals surface area contributed by atoms with Crippen LogP contribution < -0.4 is 14.2 Å². The average molecular weight is 277 g/mol. The molecule has 2 aliphatic heterocycles. The van der Waals surface area contributed by atoms with Gasteiger partial charge in [0.2, 0.25) is 0 Å². The maximum Gasteiger partial charge on any atom is 0.168 e. The number of rotatable bonds is 4. The molecule has 110 valence electrons. The third-order valence-electron chi connectivity index (χ3n) is 4.62. The van der Waals surface area contributed by atoms with Gasteiger partial charge in [-0.2, -0.15) is 0 Å². The van der Waals surface area contributed by atoms with Gasteiger partial charge in [-0.3, -0.25) is 0 Å². The van der Waals surface area contributed by atoms with Gasteiger partial charge in [-0.25, -0.2) is 0 Å². The van der Waals surface area contributed by atoms with Crippen molar-refractivity contribution in [3.63, 3.8) is 0 Å². The molecule has 0 radical (unpaired) electrons. The molecule has 20 heavy (non-hydrogen) atoms. The predicted octanol–water partition coefficient (Wildman–Crippen LogP) is 2.66. The van der Waals surface area contributed by atoms with E-state index in [1.165, 1.54) is 24.9 Å². The van der Waals surface area contributed by atoms with Gasteiger partial charge in [0.1, 0.15) is 5.75 Å². The standard InChI is InChI=1S/C16H23NO3/c1-17-8-4-5-12(17)9-11-10-20-16-14(19-3)7-6-13(18-2)15(11)16/h6-7,11-12H,4-5,8-10H2,1-3H3/t11?,12-/m1/s1. The van der Waals surface area contributed by atoms with Crippen molar-refractivity contribution < 1.29 is 14.2 Å². The zero-order valence-corrected chi connectivity index (χ0v) is 12.5. The van der Waals surface area contributed by atoms with E-state index in [2.05, 4.69) is 11.9 Å². The molecule has 1 aromatic carbocycles. The van der Waals surface area contributed by atoms with E-state index in [4.69, 9.17) is 14.2 Å². The average Bonchev–Trinajstić information content (AvgIpc) is 3.06. The summed E-state index contributed by atoms with van der Waals surface area (Å²) in [6, 6.07) is 4.56. The van der Waals surface area contributed by atoms with Gasteiger partial charge in [-0.1, -0.05) is 0 Å². The summed E-state index contributed by atoms with van der Waals surface area (Å²) in [5, 5.41) is 0. The molecule has 3 rings (SSSR count). The van der Waals surface area contributed by atoms with E-state index in [0.29, 0.717) is 12.0 Å². The van der Waals surface area contributed by atoms with Crippen molar-refractivity contribution in [3.05, 3.63) is 17.7 Å².